The lowest BCUT2D eigenvalue weighted by atomic mass is 10.0. The Morgan fingerprint density at radius 2 is 2.11 bits per heavy atom. The predicted molar refractivity (Wildman–Crippen MR) is 78.6 cm³/mol. The number of pyridine rings is 1. The van der Waals surface area contributed by atoms with Gasteiger partial charge < -0.3 is 4.74 Å². The van der Waals surface area contributed by atoms with Gasteiger partial charge in [0.15, 0.2) is 0 Å². The summed E-state index contributed by atoms with van der Waals surface area (Å²) in [5.74, 6) is 0.606. The van der Waals surface area contributed by atoms with Gasteiger partial charge in [-0.3, -0.25) is 0 Å². The zero-order chi connectivity index (χ0) is 13.1. The molecule has 2 rings (SSSR count). The van der Waals surface area contributed by atoms with Gasteiger partial charge in [0.1, 0.15) is 0 Å². The highest BCUT2D eigenvalue weighted by Gasteiger charge is 2.11. The molecular formula is C14H13BrClNO. The number of ether oxygens (including phenoxy) is 1. The number of alkyl halides is 1. The lowest BCUT2D eigenvalue weighted by Crippen LogP contribution is -1.95. The minimum atomic E-state index is 0.244. The van der Waals surface area contributed by atoms with Crippen LogP contribution in [0.15, 0.2) is 36.5 Å². The highest BCUT2D eigenvalue weighted by atomic mass is 79.9. The zero-order valence-electron chi connectivity index (χ0n) is 10.2. The molecule has 1 atom stereocenters. The number of nitrogens with zero attached hydrogens (tertiary/aromatic N) is 1. The van der Waals surface area contributed by atoms with Crippen LogP contribution in [-0.4, -0.2) is 12.1 Å². The van der Waals surface area contributed by atoms with Crippen LogP contribution in [0.4, 0.5) is 0 Å². The van der Waals surface area contributed by atoms with E-state index in [9.17, 15) is 0 Å². The molecule has 18 heavy (non-hydrogen) atoms. The molecule has 0 N–H and O–H groups in total. The van der Waals surface area contributed by atoms with Gasteiger partial charge in [-0.25, -0.2) is 4.98 Å². The van der Waals surface area contributed by atoms with E-state index < -0.39 is 0 Å². The average Bonchev–Trinajstić information content (AvgIpc) is 2.38. The average molecular weight is 327 g/mol. The fraction of sp³-hybridized carbons (Fsp3) is 0.214. The summed E-state index contributed by atoms with van der Waals surface area (Å²) in [6.45, 7) is 2.06. The molecule has 1 aromatic heterocycles. The van der Waals surface area contributed by atoms with E-state index in [2.05, 4.69) is 33.9 Å². The van der Waals surface area contributed by atoms with Crippen molar-refractivity contribution < 1.29 is 4.74 Å². The predicted octanol–water partition coefficient (Wildman–Crippen LogP) is 4.87. The molecule has 2 aromatic rings. The molecule has 1 unspecified atom stereocenters. The Bertz CT molecular complexity index is 557. The van der Waals surface area contributed by atoms with Gasteiger partial charge in [-0.2, -0.15) is 0 Å². The summed E-state index contributed by atoms with van der Waals surface area (Å²) < 4.78 is 5.30. The van der Waals surface area contributed by atoms with E-state index in [0.29, 0.717) is 10.9 Å². The Morgan fingerprint density at radius 1 is 1.33 bits per heavy atom. The maximum Gasteiger partial charge on any atom is 0.221 e. The highest BCUT2D eigenvalue weighted by Crippen LogP contribution is 2.33. The van der Waals surface area contributed by atoms with Gasteiger partial charge >= 0.3 is 0 Å². The van der Waals surface area contributed by atoms with Crippen LogP contribution in [0.25, 0.3) is 11.1 Å². The summed E-state index contributed by atoms with van der Waals surface area (Å²) in [5, 5.41) is 0.701. The quantitative estimate of drug-likeness (QED) is 0.751. The molecule has 2 nitrogen and oxygen atoms in total. The van der Waals surface area contributed by atoms with Crippen LogP contribution < -0.4 is 4.74 Å². The van der Waals surface area contributed by atoms with Gasteiger partial charge in [0, 0.05) is 21.6 Å². The van der Waals surface area contributed by atoms with E-state index in [4.69, 9.17) is 16.3 Å². The van der Waals surface area contributed by atoms with E-state index in [1.807, 2.05) is 30.5 Å². The van der Waals surface area contributed by atoms with Crippen LogP contribution in [0.5, 0.6) is 5.88 Å². The van der Waals surface area contributed by atoms with E-state index >= 15 is 0 Å². The summed E-state index contributed by atoms with van der Waals surface area (Å²) >= 11 is 9.57. The van der Waals surface area contributed by atoms with Crippen molar-refractivity contribution in [3.63, 3.8) is 0 Å². The molecule has 0 spiro atoms. The summed E-state index contributed by atoms with van der Waals surface area (Å²) in [5.41, 5.74) is 3.05. The number of halogens is 2. The third kappa shape index (κ3) is 2.85. The van der Waals surface area contributed by atoms with Gasteiger partial charge in [-0.05, 0) is 36.2 Å². The maximum atomic E-state index is 6.02. The number of rotatable bonds is 3. The summed E-state index contributed by atoms with van der Waals surface area (Å²) in [4.78, 5) is 4.57. The SMILES string of the molecule is COc1ncc(C(C)Br)cc1-c1cccc(Cl)c1. The van der Waals surface area contributed by atoms with Crippen LogP contribution in [0.2, 0.25) is 5.02 Å². The molecule has 4 heteroatoms. The second kappa shape index (κ2) is 5.72. The van der Waals surface area contributed by atoms with Crippen LogP contribution in [0.3, 0.4) is 0 Å². The molecule has 0 aliphatic rings. The summed E-state index contributed by atoms with van der Waals surface area (Å²) in [7, 11) is 1.62. The second-order valence-electron chi connectivity index (χ2n) is 3.95. The molecule has 0 aliphatic carbocycles. The Hall–Kier alpha value is -1.06. The van der Waals surface area contributed by atoms with Crippen LogP contribution in [0, 0.1) is 0 Å². The largest absolute Gasteiger partial charge is 0.481 e. The molecule has 0 radical (unpaired) electrons. The monoisotopic (exact) mass is 325 g/mol. The van der Waals surface area contributed by atoms with E-state index in [1.54, 1.807) is 7.11 Å². The van der Waals surface area contributed by atoms with Crippen molar-refractivity contribution in [3.05, 3.63) is 47.1 Å². The van der Waals surface area contributed by atoms with Gasteiger partial charge in [-0.15, -0.1) is 0 Å². The Kier molecular flexibility index (Phi) is 4.25. The van der Waals surface area contributed by atoms with Crippen molar-refractivity contribution >= 4 is 27.5 Å². The number of methoxy groups -OCH3 is 1. The Morgan fingerprint density at radius 3 is 2.72 bits per heavy atom. The number of hydrogen-bond acceptors (Lipinski definition) is 2. The van der Waals surface area contributed by atoms with Crippen LogP contribution in [-0.2, 0) is 0 Å². The standard InChI is InChI=1S/C14H13BrClNO/c1-9(15)11-7-13(14(18-2)17-8-11)10-4-3-5-12(16)6-10/h3-9H,1-2H3. The number of aromatic nitrogens is 1. The molecule has 0 saturated heterocycles. The lowest BCUT2D eigenvalue weighted by Gasteiger charge is -2.11. The third-order valence-electron chi connectivity index (χ3n) is 2.66. The second-order valence-corrected chi connectivity index (χ2v) is 5.76. The molecule has 94 valence electrons. The molecule has 1 aromatic carbocycles. The first-order valence-electron chi connectivity index (χ1n) is 5.55. The summed E-state index contributed by atoms with van der Waals surface area (Å²) in [6, 6.07) is 9.73. The molecular weight excluding hydrogens is 314 g/mol. The van der Waals surface area contributed by atoms with Gasteiger partial charge in [0.05, 0.1) is 7.11 Å². The Labute approximate surface area is 120 Å². The number of benzene rings is 1. The topological polar surface area (TPSA) is 22.1 Å². The van der Waals surface area contributed by atoms with E-state index in [1.165, 1.54) is 0 Å². The smallest absolute Gasteiger partial charge is 0.221 e. The van der Waals surface area contributed by atoms with Gasteiger partial charge in [0.2, 0.25) is 5.88 Å². The van der Waals surface area contributed by atoms with Gasteiger partial charge in [0.25, 0.3) is 0 Å². The molecule has 0 fully saturated rings. The minimum Gasteiger partial charge on any atom is -0.481 e. The van der Waals surface area contributed by atoms with Crippen LogP contribution >= 0.6 is 27.5 Å². The third-order valence-corrected chi connectivity index (χ3v) is 3.42. The fourth-order valence-corrected chi connectivity index (χ4v) is 2.15. The normalized spacial score (nSPS) is 12.2. The summed E-state index contributed by atoms with van der Waals surface area (Å²) in [6.07, 6.45) is 1.81. The van der Waals surface area contributed by atoms with Crippen molar-refractivity contribution in [1.82, 2.24) is 4.98 Å². The molecule has 0 saturated carbocycles. The zero-order valence-corrected chi connectivity index (χ0v) is 12.5. The molecule has 0 bridgehead atoms. The first-order chi connectivity index (χ1) is 8.61. The lowest BCUT2D eigenvalue weighted by molar-refractivity contribution is 0.399. The first kappa shape index (κ1) is 13.4. The van der Waals surface area contributed by atoms with Crippen molar-refractivity contribution in [3.8, 4) is 17.0 Å². The van der Waals surface area contributed by atoms with E-state index in [0.717, 1.165) is 16.7 Å². The highest BCUT2D eigenvalue weighted by molar-refractivity contribution is 9.09. The van der Waals surface area contributed by atoms with Crippen molar-refractivity contribution in [2.45, 2.75) is 11.8 Å². The molecule has 0 amide bonds. The molecule has 1 heterocycles. The fourth-order valence-electron chi connectivity index (χ4n) is 1.71. The van der Waals surface area contributed by atoms with Crippen LogP contribution in [0.1, 0.15) is 17.3 Å². The van der Waals surface area contributed by atoms with Crippen molar-refractivity contribution in [1.29, 1.82) is 0 Å². The van der Waals surface area contributed by atoms with Gasteiger partial charge in [-0.1, -0.05) is 39.7 Å². The Balaban J connectivity index is 2.56. The maximum absolute atomic E-state index is 6.02. The number of hydrogen-bond donors (Lipinski definition) is 0. The molecule has 0 aliphatic heterocycles. The first-order valence-corrected chi connectivity index (χ1v) is 6.85. The van der Waals surface area contributed by atoms with Crippen molar-refractivity contribution in [2.24, 2.45) is 0 Å². The minimum absolute atomic E-state index is 0.244. The van der Waals surface area contributed by atoms with E-state index in [-0.39, 0.29) is 4.83 Å². The van der Waals surface area contributed by atoms with Crippen molar-refractivity contribution in [2.75, 3.05) is 7.11 Å².